The summed E-state index contributed by atoms with van der Waals surface area (Å²) in [6, 6.07) is 11.1. The Kier molecular flexibility index (Phi) is 5.94. The molecule has 2 aromatic rings. The van der Waals surface area contributed by atoms with Gasteiger partial charge in [-0.2, -0.15) is 13.2 Å². The number of fused-ring (bicyclic) bond motifs is 1. The third-order valence-corrected chi connectivity index (χ3v) is 4.23. The van der Waals surface area contributed by atoms with Gasteiger partial charge in [0, 0.05) is 22.8 Å². The molecule has 1 nitrogen and oxygen atoms in total. The smallest absolute Gasteiger partial charge is 0.289 e. The first-order valence-electron chi connectivity index (χ1n) is 7.42. The average Bonchev–Trinajstić information content (AvgIpc) is 2.52. The Morgan fingerprint density at radius 1 is 1.00 bits per heavy atom. The Balaban J connectivity index is 0.00000208. The number of alkyl halides is 3. The van der Waals surface area contributed by atoms with Crippen molar-refractivity contribution in [3.63, 3.8) is 0 Å². The lowest BCUT2D eigenvalue weighted by molar-refractivity contribution is -0.137. The van der Waals surface area contributed by atoms with Crippen molar-refractivity contribution in [3.05, 3.63) is 69.7 Å². The van der Waals surface area contributed by atoms with Crippen LogP contribution < -0.4 is 0 Å². The zero-order valence-corrected chi connectivity index (χ0v) is 14.3. The molecular weight excluding hydrogens is 358 g/mol. The number of nitrogens with zero attached hydrogens (tertiary/aromatic N) is 1. The molecule has 0 atom stereocenters. The Morgan fingerprint density at radius 2 is 1.71 bits per heavy atom. The van der Waals surface area contributed by atoms with Gasteiger partial charge >= 0.3 is 6.18 Å². The molecule has 0 bridgehead atoms. The van der Waals surface area contributed by atoms with Gasteiger partial charge in [0.25, 0.3) is 0 Å². The fourth-order valence-corrected chi connectivity index (χ4v) is 2.94. The average molecular weight is 374 g/mol. The highest BCUT2D eigenvalue weighted by Gasteiger charge is 2.29. The molecule has 0 N–H and O–H groups in total. The molecule has 0 aliphatic carbocycles. The minimum absolute atomic E-state index is 0. The highest BCUT2D eigenvalue weighted by molar-refractivity contribution is 6.31. The lowest BCUT2D eigenvalue weighted by atomic mass is 9.94. The van der Waals surface area contributed by atoms with E-state index in [0.717, 1.165) is 41.9 Å². The van der Waals surface area contributed by atoms with Crippen molar-refractivity contribution in [1.82, 2.24) is 0 Å². The maximum atomic E-state index is 12.6. The first kappa shape index (κ1) is 18.8. The second-order valence-corrected chi connectivity index (χ2v) is 6.01. The number of aliphatic imine (C=N–C) groups is 1. The van der Waals surface area contributed by atoms with Crippen LogP contribution >= 0.6 is 24.0 Å². The lowest BCUT2D eigenvalue weighted by Gasteiger charge is -2.17. The van der Waals surface area contributed by atoms with Crippen LogP contribution in [-0.2, 0) is 19.0 Å². The summed E-state index contributed by atoms with van der Waals surface area (Å²) in [5.74, 6) is 0. The number of aryl methyl sites for hydroxylation is 1. The normalized spacial score (nSPS) is 13.8. The van der Waals surface area contributed by atoms with Crippen LogP contribution in [0, 0.1) is 0 Å². The highest BCUT2D eigenvalue weighted by atomic mass is 35.5. The zero-order valence-electron chi connectivity index (χ0n) is 12.7. The molecule has 1 aliphatic rings. The maximum Gasteiger partial charge on any atom is 0.416 e. The van der Waals surface area contributed by atoms with Crippen LogP contribution in [0.25, 0.3) is 0 Å². The van der Waals surface area contributed by atoms with Crippen LogP contribution in [0.15, 0.2) is 47.5 Å². The SMILES string of the molecule is Cl.FC(F)(F)c1ccc(CCC2=NCCc3ccc(Cl)cc32)cc1. The van der Waals surface area contributed by atoms with Gasteiger partial charge in [0.15, 0.2) is 0 Å². The maximum absolute atomic E-state index is 12.6. The fraction of sp³-hybridized carbons (Fsp3) is 0.278. The van der Waals surface area contributed by atoms with E-state index in [4.69, 9.17) is 11.6 Å². The molecule has 6 heteroatoms. The quantitative estimate of drug-likeness (QED) is 0.648. The minimum atomic E-state index is -4.29. The third kappa shape index (κ3) is 4.31. The number of hydrogen-bond acceptors (Lipinski definition) is 1. The minimum Gasteiger partial charge on any atom is -0.289 e. The van der Waals surface area contributed by atoms with E-state index in [9.17, 15) is 13.2 Å². The Morgan fingerprint density at radius 3 is 2.38 bits per heavy atom. The van der Waals surface area contributed by atoms with Crippen LogP contribution in [0.5, 0.6) is 0 Å². The molecule has 0 radical (unpaired) electrons. The van der Waals surface area contributed by atoms with E-state index in [0.29, 0.717) is 17.9 Å². The Labute approximate surface area is 150 Å². The lowest BCUT2D eigenvalue weighted by Crippen LogP contribution is -2.13. The van der Waals surface area contributed by atoms with Crippen molar-refractivity contribution >= 4 is 29.7 Å². The largest absolute Gasteiger partial charge is 0.416 e. The van der Waals surface area contributed by atoms with Crippen molar-refractivity contribution in [1.29, 1.82) is 0 Å². The number of rotatable bonds is 3. The van der Waals surface area contributed by atoms with Gasteiger partial charge in [0.05, 0.1) is 5.56 Å². The molecular formula is C18H16Cl2F3N. The fourth-order valence-electron chi connectivity index (χ4n) is 2.77. The molecule has 1 aliphatic heterocycles. The molecule has 24 heavy (non-hydrogen) atoms. The van der Waals surface area contributed by atoms with Crippen LogP contribution in [-0.4, -0.2) is 12.3 Å². The van der Waals surface area contributed by atoms with Crippen molar-refractivity contribution < 1.29 is 13.2 Å². The van der Waals surface area contributed by atoms with E-state index in [1.54, 1.807) is 0 Å². The van der Waals surface area contributed by atoms with Gasteiger partial charge in [0.1, 0.15) is 0 Å². The molecule has 0 fully saturated rings. The third-order valence-electron chi connectivity index (χ3n) is 4.00. The topological polar surface area (TPSA) is 12.4 Å². The van der Waals surface area contributed by atoms with Crippen LogP contribution in [0.4, 0.5) is 13.2 Å². The van der Waals surface area contributed by atoms with Crippen LogP contribution in [0.1, 0.15) is 28.7 Å². The summed E-state index contributed by atoms with van der Waals surface area (Å²) >= 11 is 6.06. The Hall–Kier alpha value is -1.52. The molecule has 128 valence electrons. The van der Waals surface area contributed by atoms with E-state index >= 15 is 0 Å². The zero-order chi connectivity index (χ0) is 16.4. The van der Waals surface area contributed by atoms with Crippen molar-refractivity contribution in [2.75, 3.05) is 6.54 Å². The number of hydrogen-bond donors (Lipinski definition) is 0. The highest BCUT2D eigenvalue weighted by Crippen LogP contribution is 2.29. The van der Waals surface area contributed by atoms with Crippen molar-refractivity contribution in [2.45, 2.75) is 25.4 Å². The summed E-state index contributed by atoms with van der Waals surface area (Å²) in [4.78, 5) is 4.56. The molecule has 0 saturated carbocycles. The molecule has 1 heterocycles. The summed E-state index contributed by atoms with van der Waals surface area (Å²) in [7, 11) is 0. The molecule has 3 rings (SSSR count). The summed E-state index contributed by atoms with van der Waals surface area (Å²) in [5, 5.41) is 0.674. The van der Waals surface area contributed by atoms with Gasteiger partial charge in [-0.05, 0) is 54.7 Å². The van der Waals surface area contributed by atoms with Gasteiger partial charge in [-0.15, -0.1) is 12.4 Å². The van der Waals surface area contributed by atoms with E-state index in [1.807, 2.05) is 18.2 Å². The predicted octanol–water partition coefficient (Wildman–Crippen LogP) is 5.76. The number of halogens is 5. The van der Waals surface area contributed by atoms with Gasteiger partial charge in [-0.25, -0.2) is 0 Å². The standard InChI is InChI=1S/C18H15ClF3N.ClH/c19-15-7-4-13-9-10-23-17(16(13)11-15)8-3-12-1-5-14(6-2-12)18(20,21)22;/h1-2,4-7,11H,3,8-10H2;1H. The van der Waals surface area contributed by atoms with Gasteiger partial charge in [0.2, 0.25) is 0 Å². The van der Waals surface area contributed by atoms with E-state index in [2.05, 4.69) is 4.99 Å². The summed E-state index contributed by atoms with van der Waals surface area (Å²) in [6.07, 6.45) is -2.04. The van der Waals surface area contributed by atoms with Crippen LogP contribution in [0.3, 0.4) is 0 Å². The van der Waals surface area contributed by atoms with Crippen molar-refractivity contribution in [3.8, 4) is 0 Å². The molecule has 0 amide bonds. The van der Waals surface area contributed by atoms with E-state index in [-0.39, 0.29) is 12.4 Å². The Bertz CT molecular complexity index is 737. The predicted molar refractivity (Wildman–Crippen MR) is 93.6 cm³/mol. The molecule has 0 saturated heterocycles. The van der Waals surface area contributed by atoms with Crippen LogP contribution in [0.2, 0.25) is 5.02 Å². The first-order valence-corrected chi connectivity index (χ1v) is 7.79. The molecule has 0 spiro atoms. The summed E-state index contributed by atoms with van der Waals surface area (Å²) in [5.41, 5.74) is 3.53. The monoisotopic (exact) mass is 373 g/mol. The number of benzene rings is 2. The first-order chi connectivity index (χ1) is 10.9. The van der Waals surface area contributed by atoms with E-state index in [1.165, 1.54) is 17.7 Å². The van der Waals surface area contributed by atoms with E-state index < -0.39 is 11.7 Å². The molecule has 0 aromatic heterocycles. The van der Waals surface area contributed by atoms with Gasteiger partial charge < -0.3 is 0 Å². The summed E-state index contributed by atoms with van der Waals surface area (Å²) in [6.45, 7) is 0.747. The summed E-state index contributed by atoms with van der Waals surface area (Å²) < 4.78 is 37.7. The van der Waals surface area contributed by atoms with Crippen molar-refractivity contribution in [2.24, 2.45) is 4.99 Å². The molecule has 0 unspecified atom stereocenters. The van der Waals surface area contributed by atoms with Gasteiger partial charge in [-0.3, -0.25) is 4.99 Å². The van der Waals surface area contributed by atoms with Gasteiger partial charge in [-0.1, -0.05) is 29.8 Å². The second kappa shape index (κ2) is 7.58. The molecule has 2 aromatic carbocycles. The second-order valence-electron chi connectivity index (χ2n) is 5.57.